The summed E-state index contributed by atoms with van der Waals surface area (Å²) in [6, 6.07) is 0.662. The molecular formula is C9H19NO. The Morgan fingerprint density at radius 3 is 2.64 bits per heavy atom. The lowest BCUT2D eigenvalue weighted by Gasteiger charge is -2.25. The van der Waals surface area contributed by atoms with Crippen LogP contribution >= 0.6 is 0 Å². The monoisotopic (exact) mass is 157 g/mol. The first-order chi connectivity index (χ1) is 5.25. The molecule has 1 saturated carbocycles. The van der Waals surface area contributed by atoms with Gasteiger partial charge < -0.3 is 9.64 Å². The van der Waals surface area contributed by atoms with E-state index in [4.69, 9.17) is 4.74 Å². The van der Waals surface area contributed by atoms with E-state index in [1.54, 1.807) is 0 Å². The molecule has 1 unspecified atom stereocenters. The predicted molar refractivity (Wildman–Crippen MR) is 46.7 cm³/mol. The van der Waals surface area contributed by atoms with Crippen LogP contribution in [0.3, 0.4) is 0 Å². The number of likely N-dealkylation sites (N-methyl/N-ethyl adjacent to an activating group) is 1. The summed E-state index contributed by atoms with van der Waals surface area (Å²) >= 11 is 0. The average molecular weight is 157 g/mol. The Kier molecular flexibility index (Phi) is 3.34. The summed E-state index contributed by atoms with van der Waals surface area (Å²) in [6.45, 7) is 2.93. The Balaban J connectivity index is 2.37. The topological polar surface area (TPSA) is 12.5 Å². The van der Waals surface area contributed by atoms with E-state index in [0.717, 1.165) is 6.61 Å². The molecule has 0 aromatic carbocycles. The first-order valence-electron chi connectivity index (χ1n) is 4.53. The van der Waals surface area contributed by atoms with Gasteiger partial charge in [-0.15, -0.1) is 0 Å². The van der Waals surface area contributed by atoms with E-state index < -0.39 is 0 Å². The fraction of sp³-hybridized carbons (Fsp3) is 1.00. The molecule has 0 radical (unpaired) electrons. The van der Waals surface area contributed by atoms with Crippen LogP contribution < -0.4 is 0 Å². The molecule has 1 fully saturated rings. The van der Waals surface area contributed by atoms with E-state index in [1.165, 1.54) is 19.3 Å². The molecule has 0 amide bonds. The van der Waals surface area contributed by atoms with Crippen molar-refractivity contribution in [2.75, 3.05) is 20.7 Å². The van der Waals surface area contributed by atoms with Gasteiger partial charge in [0.05, 0.1) is 6.10 Å². The fourth-order valence-electron chi connectivity index (χ4n) is 1.91. The van der Waals surface area contributed by atoms with Gasteiger partial charge in [-0.1, -0.05) is 0 Å². The summed E-state index contributed by atoms with van der Waals surface area (Å²) in [7, 11) is 4.28. The second kappa shape index (κ2) is 4.07. The average Bonchev–Trinajstić information content (AvgIpc) is 2.36. The number of hydrogen-bond donors (Lipinski definition) is 0. The third-order valence-electron chi connectivity index (χ3n) is 2.46. The number of rotatable bonds is 3. The Bertz CT molecular complexity index is 114. The van der Waals surface area contributed by atoms with Crippen molar-refractivity contribution in [3.05, 3.63) is 0 Å². The third-order valence-corrected chi connectivity index (χ3v) is 2.46. The van der Waals surface area contributed by atoms with Gasteiger partial charge >= 0.3 is 0 Å². The van der Waals surface area contributed by atoms with Crippen LogP contribution in [-0.2, 0) is 4.74 Å². The molecule has 0 aliphatic heterocycles. The van der Waals surface area contributed by atoms with Gasteiger partial charge in [0, 0.05) is 12.6 Å². The van der Waals surface area contributed by atoms with Gasteiger partial charge in [-0.25, -0.2) is 0 Å². The lowest BCUT2D eigenvalue weighted by molar-refractivity contribution is 0.0223. The van der Waals surface area contributed by atoms with Gasteiger partial charge in [0.15, 0.2) is 0 Å². The van der Waals surface area contributed by atoms with Crippen molar-refractivity contribution in [1.29, 1.82) is 0 Å². The molecule has 1 aliphatic carbocycles. The van der Waals surface area contributed by atoms with Crippen LogP contribution in [0.25, 0.3) is 0 Å². The summed E-state index contributed by atoms with van der Waals surface area (Å²) in [5.74, 6) is 0. The summed E-state index contributed by atoms with van der Waals surface area (Å²) in [4.78, 5) is 2.29. The second-order valence-corrected chi connectivity index (χ2v) is 3.46. The highest BCUT2D eigenvalue weighted by Gasteiger charge is 2.28. The van der Waals surface area contributed by atoms with Crippen LogP contribution in [0.5, 0.6) is 0 Å². The number of nitrogens with zero attached hydrogens (tertiary/aromatic N) is 1. The van der Waals surface area contributed by atoms with Crippen LogP contribution in [0.2, 0.25) is 0 Å². The molecule has 2 heteroatoms. The highest BCUT2D eigenvalue weighted by Crippen LogP contribution is 2.24. The first kappa shape index (κ1) is 9.01. The molecule has 0 spiro atoms. The molecule has 0 bridgehead atoms. The standard InChI is InChI=1S/C9H19NO/c1-4-11-9-7-5-6-8(9)10(2)3/h8-9H,4-7H2,1-3H3/t8?,9-/m1/s1. The van der Waals surface area contributed by atoms with E-state index in [9.17, 15) is 0 Å². The molecule has 11 heavy (non-hydrogen) atoms. The van der Waals surface area contributed by atoms with E-state index in [-0.39, 0.29) is 0 Å². The minimum atomic E-state index is 0.495. The van der Waals surface area contributed by atoms with Gasteiger partial charge in [0.2, 0.25) is 0 Å². The quantitative estimate of drug-likeness (QED) is 0.615. The van der Waals surface area contributed by atoms with Gasteiger partial charge in [0.1, 0.15) is 0 Å². The maximum absolute atomic E-state index is 5.64. The highest BCUT2D eigenvalue weighted by atomic mass is 16.5. The molecule has 1 aliphatic rings. The fourth-order valence-corrected chi connectivity index (χ4v) is 1.91. The number of ether oxygens (including phenoxy) is 1. The lowest BCUT2D eigenvalue weighted by atomic mass is 10.2. The summed E-state index contributed by atoms with van der Waals surface area (Å²) in [5, 5.41) is 0. The molecule has 0 N–H and O–H groups in total. The highest BCUT2D eigenvalue weighted by molar-refractivity contribution is 4.83. The van der Waals surface area contributed by atoms with Gasteiger partial charge in [-0.3, -0.25) is 0 Å². The molecule has 0 saturated heterocycles. The Morgan fingerprint density at radius 2 is 2.09 bits per heavy atom. The summed E-state index contributed by atoms with van der Waals surface area (Å²) < 4.78 is 5.64. The van der Waals surface area contributed by atoms with E-state index in [2.05, 4.69) is 25.9 Å². The lowest BCUT2D eigenvalue weighted by Crippen LogP contribution is -2.36. The molecule has 2 atom stereocenters. The van der Waals surface area contributed by atoms with E-state index in [1.807, 2.05) is 0 Å². The van der Waals surface area contributed by atoms with Crippen molar-refractivity contribution in [2.45, 2.75) is 38.3 Å². The van der Waals surface area contributed by atoms with E-state index in [0.29, 0.717) is 12.1 Å². The van der Waals surface area contributed by atoms with Crippen LogP contribution in [-0.4, -0.2) is 37.7 Å². The summed E-state index contributed by atoms with van der Waals surface area (Å²) in [6.07, 6.45) is 4.37. The van der Waals surface area contributed by atoms with Gasteiger partial charge in [-0.2, -0.15) is 0 Å². The SMILES string of the molecule is CCO[C@@H]1CCCC1N(C)C. The summed E-state index contributed by atoms with van der Waals surface area (Å²) in [5.41, 5.74) is 0. The van der Waals surface area contributed by atoms with Crippen molar-refractivity contribution >= 4 is 0 Å². The zero-order valence-corrected chi connectivity index (χ0v) is 7.84. The van der Waals surface area contributed by atoms with Crippen molar-refractivity contribution in [3.8, 4) is 0 Å². The van der Waals surface area contributed by atoms with Crippen LogP contribution in [0.4, 0.5) is 0 Å². The van der Waals surface area contributed by atoms with Gasteiger partial charge in [-0.05, 0) is 40.3 Å². The Hall–Kier alpha value is -0.0800. The maximum atomic E-state index is 5.64. The molecule has 1 rings (SSSR count). The molecular weight excluding hydrogens is 138 g/mol. The Labute approximate surface area is 69.5 Å². The minimum absolute atomic E-state index is 0.495. The zero-order chi connectivity index (χ0) is 8.27. The Morgan fingerprint density at radius 1 is 1.36 bits per heavy atom. The minimum Gasteiger partial charge on any atom is -0.377 e. The smallest absolute Gasteiger partial charge is 0.0729 e. The molecule has 0 aromatic rings. The maximum Gasteiger partial charge on any atom is 0.0729 e. The largest absolute Gasteiger partial charge is 0.377 e. The normalized spacial score (nSPS) is 31.6. The van der Waals surface area contributed by atoms with Crippen LogP contribution in [0, 0.1) is 0 Å². The molecule has 66 valence electrons. The van der Waals surface area contributed by atoms with Crippen LogP contribution in [0.15, 0.2) is 0 Å². The second-order valence-electron chi connectivity index (χ2n) is 3.46. The van der Waals surface area contributed by atoms with E-state index >= 15 is 0 Å². The number of hydrogen-bond acceptors (Lipinski definition) is 2. The molecule has 2 nitrogen and oxygen atoms in total. The zero-order valence-electron chi connectivity index (χ0n) is 7.84. The molecule has 0 aromatic heterocycles. The van der Waals surface area contributed by atoms with Gasteiger partial charge in [0.25, 0.3) is 0 Å². The van der Waals surface area contributed by atoms with Crippen LogP contribution in [0.1, 0.15) is 26.2 Å². The van der Waals surface area contributed by atoms with Crippen molar-refractivity contribution < 1.29 is 4.74 Å². The predicted octanol–water partition coefficient (Wildman–Crippen LogP) is 1.51. The van der Waals surface area contributed by atoms with Crippen molar-refractivity contribution in [1.82, 2.24) is 4.90 Å². The van der Waals surface area contributed by atoms with Crippen molar-refractivity contribution in [2.24, 2.45) is 0 Å². The molecule has 0 heterocycles. The third kappa shape index (κ3) is 2.17. The van der Waals surface area contributed by atoms with Crippen molar-refractivity contribution in [3.63, 3.8) is 0 Å². The first-order valence-corrected chi connectivity index (χ1v) is 4.53.